The molecule has 118 valence electrons. The average molecular weight is 326 g/mol. The fraction of sp³-hybridized carbons (Fsp3) is 0.353. The van der Waals surface area contributed by atoms with Crippen LogP contribution in [0.2, 0.25) is 0 Å². The quantitative estimate of drug-likeness (QED) is 0.575. The van der Waals surface area contributed by atoms with Crippen LogP contribution >= 0.6 is 11.8 Å². The van der Waals surface area contributed by atoms with E-state index in [1.54, 1.807) is 6.20 Å². The minimum Gasteiger partial charge on any atom is -0.360 e. The number of rotatable bonds is 5. The zero-order valence-electron chi connectivity index (χ0n) is 13.1. The Balaban J connectivity index is 1.56. The first-order valence-electron chi connectivity index (χ1n) is 7.81. The van der Waals surface area contributed by atoms with Gasteiger partial charge in [0.15, 0.2) is 10.9 Å². The number of para-hydroxylation sites is 1. The van der Waals surface area contributed by atoms with Crippen molar-refractivity contribution in [2.75, 3.05) is 0 Å². The van der Waals surface area contributed by atoms with E-state index in [1.807, 2.05) is 42.8 Å². The van der Waals surface area contributed by atoms with Gasteiger partial charge in [-0.15, -0.1) is 10.2 Å². The highest BCUT2D eigenvalue weighted by molar-refractivity contribution is 8.00. The van der Waals surface area contributed by atoms with Crippen molar-refractivity contribution in [1.29, 1.82) is 0 Å². The van der Waals surface area contributed by atoms with Crippen LogP contribution in [0.4, 0.5) is 0 Å². The smallest absolute Gasteiger partial charge is 0.191 e. The Morgan fingerprint density at radius 1 is 1.35 bits per heavy atom. The summed E-state index contributed by atoms with van der Waals surface area (Å²) in [4.78, 5) is 16.0. The van der Waals surface area contributed by atoms with E-state index in [-0.39, 0.29) is 11.0 Å². The van der Waals surface area contributed by atoms with Gasteiger partial charge in [0.2, 0.25) is 0 Å². The predicted molar refractivity (Wildman–Crippen MR) is 90.9 cm³/mol. The summed E-state index contributed by atoms with van der Waals surface area (Å²) >= 11 is 1.48. The Morgan fingerprint density at radius 2 is 2.13 bits per heavy atom. The van der Waals surface area contributed by atoms with Gasteiger partial charge in [-0.25, -0.2) is 0 Å². The number of carbonyl (C=O) groups is 1. The molecular formula is C17H18N4OS. The highest BCUT2D eigenvalue weighted by Crippen LogP contribution is 2.40. The van der Waals surface area contributed by atoms with Crippen molar-refractivity contribution in [2.45, 2.75) is 36.1 Å². The summed E-state index contributed by atoms with van der Waals surface area (Å²) in [7, 11) is 1.98. The molecule has 3 aromatic rings. The lowest BCUT2D eigenvalue weighted by Crippen LogP contribution is -2.14. The second-order valence-electron chi connectivity index (χ2n) is 6.05. The summed E-state index contributed by atoms with van der Waals surface area (Å²) in [6, 6.07) is 7.87. The number of hydrogen-bond donors (Lipinski definition) is 1. The molecule has 1 atom stereocenters. The lowest BCUT2D eigenvalue weighted by Gasteiger charge is -2.09. The van der Waals surface area contributed by atoms with E-state index in [2.05, 4.69) is 15.2 Å². The van der Waals surface area contributed by atoms with Crippen molar-refractivity contribution in [3.8, 4) is 0 Å². The van der Waals surface area contributed by atoms with Gasteiger partial charge in [-0.1, -0.05) is 30.0 Å². The maximum absolute atomic E-state index is 12.8. The van der Waals surface area contributed by atoms with Crippen LogP contribution in [0, 0.1) is 0 Å². The van der Waals surface area contributed by atoms with Crippen molar-refractivity contribution in [3.05, 3.63) is 41.9 Å². The molecule has 2 heterocycles. The zero-order chi connectivity index (χ0) is 16.0. The van der Waals surface area contributed by atoms with Crippen molar-refractivity contribution in [2.24, 2.45) is 7.05 Å². The molecule has 5 nitrogen and oxygen atoms in total. The average Bonchev–Trinajstić information content (AvgIpc) is 3.21. The third-order valence-electron chi connectivity index (χ3n) is 4.32. The number of ketones is 1. The first-order valence-corrected chi connectivity index (χ1v) is 8.69. The first-order chi connectivity index (χ1) is 11.1. The number of benzene rings is 1. The standard InChI is InChI=1S/C17H18N4OS/c1-10(23-17-20-19-16(21(17)2)11-7-8-11)15(22)13-9-18-14-6-4-3-5-12(13)14/h3-6,9-11,18H,7-8H2,1-2H3. The maximum atomic E-state index is 12.8. The molecule has 1 aliphatic carbocycles. The molecule has 0 amide bonds. The molecule has 0 bridgehead atoms. The summed E-state index contributed by atoms with van der Waals surface area (Å²) < 4.78 is 2.03. The molecule has 1 N–H and O–H groups in total. The Hall–Kier alpha value is -2.08. The van der Waals surface area contributed by atoms with E-state index < -0.39 is 0 Å². The number of Topliss-reactive ketones (excluding diaryl/α,β-unsaturated/α-hetero) is 1. The number of hydrogen-bond acceptors (Lipinski definition) is 4. The molecular weight excluding hydrogens is 308 g/mol. The van der Waals surface area contributed by atoms with Gasteiger partial charge in [0.1, 0.15) is 5.82 Å². The second-order valence-corrected chi connectivity index (χ2v) is 7.35. The van der Waals surface area contributed by atoms with Crippen LogP contribution in [0.3, 0.4) is 0 Å². The molecule has 1 aromatic carbocycles. The normalized spacial score (nSPS) is 15.9. The van der Waals surface area contributed by atoms with Gasteiger partial charge in [0, 0.05) is 35.6 Å². The van der Waals surface area contributed by atoms with Gasteiger partial charge < -0.3 is 9.55 Å². The van der Waals surface area contributed by atoms with Gasteiger partial charge in [-0.2, -0.15) is 0 Å². The summed E-state index contributed by atoms with van der Waals surface area (Å²) in [5.74, 6) is 1.71. The van der Waals surface area contributed by atoms with E-state index >= 15 is 0 Å². The van der Waals surface area contributed by atoms with Crippen LogP contribution in [0.1, 0.15) is 41.9 Å². The number of carbonyl (C=O) groups excluding carboxylic acids is 1. The lowest BCUT2D eigenvalue weighted by molar-refractivity contribution is 0.0995. The van der Waals surface area contributed by atoms with Gasteiger partial charge in [0.25, 0.3) is 0 Å². The molecule has 0 spiro atoms. The van der Waals surface area contributed by atoms with Crippen LogP contribution in [-0.2, 0) is 7.05 Å². The Labute approximate surface area is 138 Å². The molecule has 1 aliphatic rings. The largest absolute Gasteiger partial charge is 0.360 e. The van der Waals surface area contributed by atoms with Gasteiger partial charge in [-0.05, 0) is 25.8 Å². The number of nitrogens with one attached hydrogen (secondary N) is 1. The monoisotopic (exact) mass is 326 g/mol. The zero-order valence-corrected chi connectivity index (χ0v) is 13.9. The van der Waals surface area contributed by atoms with Crippen LogP contribution in [-0.4, -0.2) is 30.8 Å². The second kappa shape index (κ2) is 5.53. The van der Waals surface area contributed by atoms with E-state index in [4.69, 9.17) is 0 Å². The molecule has 1 saturated carbocycles. The molecule has 4 rings (SSSR count). The number of thioether (sulfide) groups is 1. The van der Waals surface area contributed by atoms with E-state index in [0.29, 0.717) is 5.92 Å². The van der Waals surface area contributed by atoms with Crippen LogP contribution < -0.4 is 0 Å². The molecule has 0 radical (unpaired) electrons. The minimum absolute atomic E-state index is 0.114. The SMILES string of the molecule is CC(Sc1nnc(C2CC2)n1C)C(=O)c1c[nH]c2ccccc12. The van der Waals surface area contributed by atoms with Gasteiger partial charge in [-0.3, -0.25) is 4.79 Å². The summed E-state index contributed by atoms with van der Waals surface area (Å²) in [6.07, 6.45) is 4.19. The van der Waals surface area contributed by atoms with Crippen LogP contribution in [0.25, 0.3) is 10.9 Å². The molecule has 2 aromatic heterocycles. The molecule has 1 unspecified atom stereocenters. The molecule has 0 aliphatic heterocycles. The summed E-state index contributed by atoms with van der Waals surface area (Å²) in [6.45, 7) is 1.93. The number of H-pyrrole nitrogens is 1. The Morgan fingerprint density at radius 3 is 2.91 bits per heavy atom. The topological polar surface area (TPSA) is 63.6 Å². The van der Waals surface area contributed by atoms with Gasteiger partial charge >= 0.3 is 0 Å². The lowest BCUT2D eigenvalue weighted by atomic mass is 10.1. The number of fused-ring (bicyclic) bond motifs is 1. The van der Waals surface area contributed by atoms with E-state index in [1.165, 1.54) is 24.6 Å². The minimum atomic E-state index is -0.204. The first kappa shape index (κ1) is 14.5. The molecule has 1 fully saturated rings. The predicted octanol–water partition coefficient (Wildman–Crippen LogP) is 3.54. The third-order valence-corrected chi connectivity index (χ3v) is 5.45. The number of nitrogens with zero attached hydrogens (tertiary/aromatic N) is 3. The number of aromatic amines is 1. The summed E-state index contributed by atoms with van der Waals surface area (Å²) in [5.41, 5.74) is 1.73. The fourth-order valence-electron chi connectivity index (χ4n) is 2.83. The van der Waals surface area contributed by atoms with Crippen molar-refractivity contribution >= 4 is 28.4 Å². The molecule has 0 saturated heterocycles. The highest BCUT2D eigenvalue weighted by Gasteiger charge is 2.30. The Kier molecular flexibility index (Phi) is 3.49. The fourth-order valence-corrected chi connectivity index (χ4v) is 3.72. The van der Waals surface area contributed by atoms with Crippen molar-refractivity contribution in [1.82, 2.24) is 19.7 Å². The van der Waals surface area contributed by atoms with E-state index in [0.717, 1.165) is 27.4 Å². The molecule has 6 heteroatoms. The summed E-state index contributed by atoms with van der Waals surface area (Å²) in [5, 5.41) is 10.1. The third kappa shape index (κ3) is 2.57. The Bertz CT molecular complexity index is 878. The van der Waals surface area contributed by atoms with Gasteiger partial charge in [0.05, 0.1) is 5.25 Å². The molecule has 23 heavy (non-hydrogen) atoms. The van der Waals surface area contributed by atoms with Crippen LogP contribution in [0.15, 0.2) is 35.6 Å². The maximum Gasteiger partial charge on any atom is 0.191 e. The van der Waals surface area contributed by atoms with Crippen LogP contribution in [0.5, 0.6) is 0 Å². The van der Waals surface area contributed by atoms with Crippen molar-refractivity contribution < 1.29 is 4.79 Å². The highest BCUT2D eigenvalue weighted by atomic mass is 32.2. The van der Waals surface area contributed by atoms with Crippen molar-refractivity contribution in [3.63, 3.8) is 0 Å². The number of aromatic nitrogens is 4. The van der Waals surface area contributed by atoms with E-state index in [9.17, 15) is 4.79 Å².